The Hall–Kier alpha value is -2.04. The Bertz CT molecular complexity index is 551. The second kappa shape index (κ2) is 5.53. The summed E-state index contributed by atoms with van der Waals surface area (Å²) >= 11 is 0. The molecule has 1 aromatic rings. The highest BCUT2D eigenvalue weighted by Gasteiger charge is 2.30. The van der Waals surface area contributed by atoms with Crippen molar-refractivity contribution >= 4 is 11.9 Å². The van der Waals surface area contributed by atoms with Gasteiger partial charge >= 0.3 is 5.97 Å². The lowest BCUT2D eigenvalue weighted by molar-refractivity contribution is 0.0597. The highest BCUT2D eigenvalue weighted by molar-refractivity contribution is 6.02. The first-order valence-corrected chi connectivity index (χ1v) is 6.59. The van der Waals surface area contributed by atoms with Crippen LogP contribution in [0.2, 0.25) is 0 Å². The molecule has 0 N–H and O–H groups in total. The van der Waals surface area contributed by atoms with Gasteiger partial charge in [-0.3, -0.25) is 4.79 Å². The maximum absolute atomic E-state index is 12.5. The number of amides is 1. The number of benzene rings is 1. The molecule has 5 heteroatoms. The van der Waals surface area contributed by atoms with Crippen LogP contribution in [-0.2, 0) is 11.2 Å². The zero-order chi connectivity index (χ0) is 14.9. The topological polar surface area (TPSA) is 55.8 Å². The first-order valence-electron chi connectivity index (χ1n) is 6.59. The summed E-state index contributed by atoms with van der Waals surface area (Å²) in [5.41, 5.74) is 1.70. The highest BCUT2D eigenvalue weighted by atomic mass is 16.5. The molecule has 1 amide bonds. The van der Waals surface area contributed by atoms with Gasteiger partial charge in [0.05, 0.1) is 19.8 Å². The summed E-state index contributed by atoms with van der Waals surface area (Å²) in [4.78, 5) is 26.2. The van der Waals surface area contributed by atoms with E-state index in [1.54, 1.807) is 17.0 Å². The van der Waals surface area contributed by atoms with Crippen LogP contribution in [0.4, 0.5) is 0 Å². The first-order chi connectivity index (χ1) is 9.49. The molecule has 0 saturated carbocycles. The van der Waals surface area contributed by atoms with E-state index in [2.05, 4.69) is 0 Å². The minimum Gasteiger partial charge on any atom is -0.497 e. The molecular formula is C15H19NO4. The van der Waals surface area contributed by atoms with Gasteiger partial charge in [-0.05, 0) is 38.0 Å². The molecule has 0 unspecified atom stereocenters. The van der Waals surface area contributed by atoms with Crippen molar-refractivity contribution in [2.24, 2.45) is 0 Å². The molecule has 0 bridgehead atoms. The van der Waals surface area contributed by atoms with E-state index in [1.165, 1.54) is 14.2 Å². The van der Waals surface area contributed by atoms with Gasteiger partial charge in [-0.15, -0.1) is 0 Å². The summed E-state index contributed by atoms with van der Waals surface area (Å²) in [5.74, 6) is -0.0145. The summed E-state index contributed by atoms with van der Waals surface area (Å²) in [7, 11) is 2.84. The Morgan fingerprint density at radius 2 is 2.00 bits per heavy atom. The third-order valence-corrected chi connectivity index (χ3v) is 3.58. The smallest absolute Gasteiger partial charge is 0.338 e. The molecule has 1 aromatic carbocycles. The third kappa shape index (κ3) is 2.35. The summed E-state index contributed by atoms with van der Waals surface area (Å²) < 4.78 is 9.97. The van der Waals surface area contributed by atoms with Crippen molar-refractivity contribution in [3.8, 4) is 5.75 Å². The summed E-state index contributed by atoms with van der Waals surface area (Å²) in [6.45, 7) is 4.56. The second-order valence-corrected chi connectivity index (χ2v) is 5.03. The fourth-order valence-corrected chi connectivity index (χ4v) is 2.50. The van der Waals surface area contributed by atoms with E-state index in [0.717, 1.165) is 5.56 Å². The molecule has 1 heterocycles. The van der Waals surface area contributed by atoms with E-state index in [0.29, 0.717) is 29.8 Å². The van der Waals surface area contributed by atoms with Gasteiger partial charge in [-0.1, -0.05) is 0 Å². The lowest BCUT2D eigenvalue weighted by Crippen LogP contribution is -2.42. The van der Waals surface area contributed by atoms with Gasteiger partial charge in [0.15, 0.2) is 0 Å². The van der Waals surface area contributed by atoms with Gasteiger partial charge in [0.2, 0.25) is 0 Å². The van der Waals surface area contributed by atoms with E-state index >= 15 is 0 Å². The van der Waals surface area contributed by atoms with Gasteiger partial charge < -0.3 is 14.4 Å². The predicted molar refractivity (Wildman–Crippen MR) is 74.2 cm³/mol. The van der Waals surface area contributed by atoms with E-state index in [4.69, 9.17) is 9.47 Å². The monoisotopic (exact) mass is 277 g/mol. The SMILES string of the molecule is COC(=O)c1cc(OC)cc2c1CCN(C(C)C)C2=O. The van der Waals surface area contributed by atoms with Crippen molar-refractivity contribution in [1.29, 1.82) is 0 Å². The Kier molecular flexibility index (Phi) is 3.97. The van der Waals surface area contributed by atoms with E-state index in [9.17, 15) is 9.59 Å². The number of methoxy groups -OCH3 is 2. The maximum Gasteiger partial charge on any atom is 0.338 e. The van der Waals surface area contributed by atoms with Crippen LogP contribution in [-0.4, -0.2) is 43.6 Å². The molecule has 0 saturated heterocycles. The average Bonchev–Trinajstić information content (AvgIpc) is 2.45. The van der Waals surface area contributed by atoms with E-state index in [1.807, 2.05) is 13.8 Å². The predicted octanol–water partition coefficient (Wildman–Crippen LogP) is 1.89. The van der Waals surface area contributed by atoms with Gasteiger partial charge in [0.25, 0.3) is 5.91 Å². The van der Waals surface area contributed by atoms with Crippen LogP contribution in [0.1, 0.15) is 40.1 Å². The standard InChI is InChI=1S/C15H19NO4/c1-9(2)16-6-5-11-12(14(16)17)7-10(19-3)8-13(11)15(18)20-4/h7-9H,5-6H2,1-4H3. The van der Waals surface area contributed by atoms with Crippen molar-refractivity contribution in [3.63, 3.8) is 0 Å². The Balaban J connectivity index is 2.56. The molecule has 0 aliphatic carbocycles. The third-order valence-electron chi connectivity index (χ3n) is 3.58. The maximum atomic E-state index is 12.5. The average molecular weight is 277 g/mol. The molecule has 1 aliphatic heterocycles. The molecule has 20 heavy (non-hydrogen) atoms. The molecule has 0 fully saturated rings. The minimum absolute atomic E-state index is 0.0645. The number of esters is 1. The van der Waals surface area contributed by atoms with Crippen molar-refractivity contribution in [1.82, 2.24) is 4.90 Å². The van der Waals surface area contributed by atoms with Crippen LogP contribution >= 0.6 is 0 Å². The lowest BCUT2D eigenvalue weighted by Gasteiger charge is -2.32. The minimum atomic E-state index is -0.439. The summed E-state index contributed by atoms with van der Waals surface area (Å²) in [6.07, 6.45) is 0.647. The van der Waals surface area contributed by atoms with Crippen molar-refractivity contribution in [2.45, 2.75) is 26.3 Å². The zero-order valence-corrected chi connectivity index (χ0v) is 12.2. The first kappa shape index (κ1) is 14.4. The van der Waals surface area contributed by atoms with Crippen LogP contribution in [0.5, 0.6) is 5.75 Å². The Labute approximate surface area is 118 Å². The number of hydrogen-bond acceptors (Lipinski definition) is 4. The van der Waals surface area contributed by atoms with Crippen molar-refractivity contribution in [2.75, 3.05) is 20.8 Å². The van der Waals surface area contributed by atoms with E-state index < -0.39 is 5.97 Å². The highest BCUT2D eigenvalue weighted by Crippen LogP contribution is 2.29. The molecular weight excluding hydrogens is 258 g/mol. The molecule has 0 atom stereocenters. The lowest BCUT2D eigenvalue weighted by atomic mass is 9.92. The van der Waals surface area contributed by atoms with Crippen molar-refractivity contribution in [3.05, 3.63) is 28.8 Å². The molecule has 5 nitrogen and oxygen atoms in total. The Morgan fingerprint density at radius 1 is 1.30 bits per heavy atom. The Morgan fingerprint density at radius 3 is 2.55 bits per heavy atom. The summed E-state index contributed by atoms with van der Waals surface area (Å²) in [5, 5.41) is 0. The summed E-state index contributed by atoms with van der Waals surface area (Å²) in [6, 6.07) is 3.45. The van der Waals surface area contributed by atoms with Crippen molar-refractivity contribution < 1.29 is 19.1 Å². The molecule has 1 aliphatic rings. The molecule has 2 rings (SSSR count). The molecule has 0 radical (unpaired) electrons. The fraction of sp³-hybridized carbons (Fsp3) is 0.467. The normalized spacial score (nSPS) is 14.2. The van der Waals surface area contributed by atoms with Gasteiger partial charge in [0, 0.05) is 18.2 Å². The zero-order valence-electron chi connectivity index (χ0n) is 12.2. The number of carbonyl (C=O) groups is 2. The van der Waals surface area contributed by atoms with Crippen LogP contribution < -0.4 is 4.74 Å². The number of rotatable bonds is 3. The van der Waals surface area contributed by atoms with Gasteiger partial charge in [-0.2, -0.15) is 0 Å². The number of ether oxygens (including phenoxy) is 2. The second-order valence-electron chi connectivity index (χ2n) is 5.03. The number of nitrogens with zero attached hydrogens (tertiary/aromatic N) is 1. The number of carbonyl (C=O) groups excluding carboxylic acids is 2. The van der Waals surface area contributed by atoms with Crippen LogP contribution in [0.25, 0.3) is 0 Å². The van der Waals surface area contributed by atoms with Crippen LogP contribution in [0, 0.1) is 0 Å². The van der Waals surface area contributed by atoms with Crippen LogP contribution in [0.3, 0.4) is 0 Å². The molecule has 108 valence electrons. The molecule has 0 aromatic heterocycles. The number of fused-ring (bicyclic) bond motifs is 1. The molecule has 0 spiro atoms. The van der Waals surface area contributed by atoms with E-state index in [-0.39, 0.29) is 11.9 Å². The van der Waals surface area contributed by atoms with Gasteiger partial charge in [-0.25, -0.2) is 4.79 Å². The number of hydrogen-bond donors (Lipinski definition) is 0. The quantitative estimate of drug-likeness (QED) is 0.792. The largest absolute Gasteiger partial charge is 0.497 e. The fourth-order valence-electron chi connectivity index (χ4n) is 2.50. The van der Waals surface area contributed by atoms with Crippen LogP contribution in [0.15, 0.2) is 12.1 Å². The van der Waals surface area contributed by atoms with Gasteiger partial charge in [0.1, 0.15) is 5.75 Å².